The fourth-order valence-corrected chi connectivity index (χ4v) is 2.06. The van der Waals surface area contributed by atoms with E-state index in [-0.39, 0.29) is 5.97 Å². The Labute approximate surface area is 118 Å². The summed E-state index contributed by atoms with van der Waals surface area (Å²) >= 11 is 12.2. The quantitative estimate of drug-likeness (QED) is 0.752. The Bertz CT molecular complexity index is 390. The highest BCUT2D eigenvalue weighted by Crippen LogP contribution is 2.25. The largest absolute Gasteiger partial charge is 0.466 e. The Morgan fingerprint density at radius 3 is 2.50 bits per heavy atom. The zero-order chi connectivity index (χ0) is 13.5. The normalized spacial score (nSPS) is 10.7. The predicted molar refractivity (Wildman–Crippen MR) is 74.0 cm³/mol. The number of esters is 1. The van der Waals surface area contributed by atoms with E-state index in [0.29, 0.717) is 36.2 Å². The van der Waals surface area contributed by atoms with Gasteiger partial charge in [-0.1, -0.05) is 29.3 Å². The summed E-state index contributed by atoms with van der Waals surface area (Å²) in [5.41, 5.74) is 0.882. The van der Waals surface area contributed by atoms with Gasteiger partial charge >= 0.3 is 5.97 Å². The second-order valence-electron chi connectivity index (χ2n) is 3.99. The van der Waals surface area contributed by atoms with Crippen LogP contribution in [0.15, 0.2) is 18.2 Å². The van der Waals surface area contributed by atoms with E-state index >= 15 is 0 Å². The molecule has 1 aromatic carbocycles. The van der Waals surface area contributed by atoms with Gasteiger partial charge in [-0.2, -0.15) is 0 Å². The molecule has 0 heterocycles. The van der Waals surface area contributed by atoms with Gasteiger partial charge in [0.15, 0.2) is 0 Å². The smallest absolute Gasteiger partial charge is 0.307 e. The van der Waals surface area contributed by atoms with Gasteiger partial charge in [-0.05, 0) is 26.1 Å². The molecule has 0 aliphatic rings. The average Bonchev–Trinajstić information content (AvgIpc) is 2.32. The summed E-state index contributed by atoms with van der Waals surface area (Å²) in [4.78, 5) is 13.2. The van der Waals surface area contributed by atoms with E-state index in [9.17, 15) is 4.79 Å². The van der Waals surface area contributed by atoms with E-state index in [2.05, 4.69) is 0 Å². The molecule has 0 unspecified atom stereocenters. The third-order valence-electron chi connectivity index (χ3n) is 2.49. The molecular formula is C13H17Cl2NO2. The number of carbonyl (C=O) groups is 1. The van der Waals surface area contributed by atoms with Crippen LogP contribution < -0.4 is 0 Å². The summed E-state index contributed by atoms with van der Waals surface area (Å²) in [6.07, 6.45) is 0.367. The molecule has 0 aliphatic heterocycles. The third kappa shape index (κ3) is 4.84. The molecule has 0 amide bonds. The molecule has 0 radical (unpaired) electrons. The SMILES string of the molecule is CCOC(=O)CCN(C)Cc1c(Cl)cccc1Cl. The number of nitrogens with zero attached hydrogens (tertiary/aromatic N) is 1. The molecule has 0 spiro atoms. The monoisotopic (exact) mass is 289 g/mol. The van der Waals surface area contributed by atoms with Crippen LogP contribution in [0.2, 0.25) is 10.0 Å². The summed E-state index contributed by atoms with van der Waals surface area (Å²) in [6.45, 7) is 3.43. The Balaban J connectivity index is 2.49. The number of carbonyl (C=O) groups excluding carboxylic acids is 1. The molecular weight excluding hydrogens is 273 g/mol. The number of hydrogen-bond donors (Lipinski definition) is 0. The van der Waals surface area contributed by atoms with Crippen molar-refractivity contribution in [3.8, 4) is 0 Å². The van der Waals surface area contributed by atoms with Crippen LogP contribution in [0.1, 0.15) is 18.9 Å². The Morgan fingerprint density at radius 2 is 1.94 bits per heavy atom. The van der Waals surface area contributed by atoms with Crippen molar-refractivity contribution < 1.29 is 9.53 Å². The maximum Gasteiger partial charge on any atom is 0.307 e. The van der Waals surface area contributed by atoms with Crippen LogP contribution in [0.3, 0.4) is 0 Å². The molecule has 0 saturated heterocycles. The van der Waals surface area contributed by atoms with Gasteiger partial charge in [0.2, 0.25) is 0 Å². The van der Waals surface area contributed by atoms with Crippen molar-refractivity contribution >= 4 is 29.2 Å². The van der Waals surface area contributed by atoms with Gasteiger partial charge in [0.1, 0.15) is 0 Å². The van der Waals surface area contributed by atoms with Crippen molar-refractivity contribution in [3.63, 3.8) is 0 Å². The Kier molecular flexibility index (Phi) is 6.47. The molecule has 0 aromatic heterocycles. The minimum atomic E-state index is -0.186. The maximum absolute atomic E-state index is 11.2. The first-order valence-electron chi connectivity index (χ1n) is 5.81. The van der Waals surface area contributed by atoms with Gasteiger partial charge in [0.05, 0.1) is 13.0 Å². The van der Waals surface area contributed by atoms with Crippen LogP contribution in [-0.4, -0.2) is 31.1 Å². The lowest BCUT2D eigenvalue weighted by Crippen LogP contribution is -2.22. The van der Waals surface area contributed by atoms with Crippen molar-refractivity contribution in [3.05, 3.63) is 33.8 Å². The average molecular weight is 290 g/mol. The number of hydrogen-bond acceptors (Lipinski definition) is 3. The third-order valence-corrected chi connectivity index (χ3v) is 3.20. The van der Waals surface area contributed by atoms with E-state index in [1.165, 1.54) is 0 Å². The van der Waals surface area contributed by atoms with Crippen LogP contribution >= 0.6 is 23.2 Å². The van der Waals surface area contributed by atoms with Crippen LogP contribution in [-0.2, 0) is 16.1 Å². The minimum Gasteiger partial charge on any atom is -0.466 e. The molecule has 1 aromatic rings. The van der Waals surface area contributed by atoms with Gasteiger partial charge in [0.25, 0.3) is 0 Å². The molecule has 18 heavy (non-hydrogen) atoms. The molecule has 0 aliphatic carbocycles. The van der Waals surface area contributed by atoms with E-state index in [0.717, 1.165) is 5.56 Å². The lowest BCUT2D eigenvalue weighted by molar-refractivity contribution is -0.143. The lowest BCUT2D eigenvalue weighted by atomic mass is 10.2. The van der Waals surface area contributed by atoms with Crippen LogP contribution in [0.25, 0.3) is 0 Å². The molecule has 0 fully saturated rings. The Morgan fingerprint density at radius 1 is 1.33 bits per heavy atom. The molecule has 100 valence electrons. The van der Waals surface area contributed by atoms with Crippen LogP contribution in [0.4, 0.5) is 0 Å². The standard InChI is InChI=1S/C13H17Cl2NO2/c1-3-18-13(17)7-8-16(2)9-10-11(14)5-4-6-12(10)15/h4-6H,3,7-9H2,1-2H3. The molecule has 0 saturated carbocycles. The van der Waals surface area contributed by atoms with Gasteiger partial charge in [-0.25, -0.2) is 0 Å². The minimum absolute atomic E-state index is 0.186. The molecule has 0 N–H and O–H groups in total. The zero-order valence-corrected chi connectivity index (χ0v) is 12.1. The van der Waals surface area contributed by atoms with Gasteiger partial charge in [-0.15, -0.1) is 0 Å². The summed E-state index contributed by atoms with van der Waals surface area (Å²) in [7, 11) is 1.92. The number of benzene rings is 1. The number of rotatable bonds is 6. The van der Waals surface area contributed by atoms with Gasteiger partial charge < -0.3 is 9.64 Å². The molecule has 0 atom stereocenters. The number of ether oxygens (including phenoxy) is 1. The summed E-state index contributed by atoms with van der Waals surface area (Å²) in [5, 5.41) is 1.29. The van der Waals surface area contributed by atoms with Crippen molar-refractivity contribution in [1.82, 2.24) is 4.90 Å². The second kappa shape index (κ2) is 7.62. The van der Waals surface area contributed by atoms with E-state index < -0.39 is 0 Å². The second-order valence-corrected chi connectivity index (χ2v) is 4.81. The highest BCUT2D eigenvalue weighted by atomic mass is 35.5. The molecule has 1 rings (SSSR count). The summed E-state index contributed by atoms with van der Waals surface area (Å²) in [5.74, 6) is -0.186. The molecule has 0 bridgehead atoms. The van der Waals surface area contributed by atoms with Gasteiger partial charge in [-0.3, -0.25) is 4.79 Å². The maximum atomic E-state index is 11.2. The Hall–Kier alpha value is -0.770. The predicted octanol–water partition coefficient (Wildman–Crippen LogP) is 3.38. The first kappa shape index (κ1) is 15.3. The summed E-state index contributed by atoms with van der Waals surface area (Å²) < 4.78 is 4.87. The van der Waals surface area contributed by atoms with E-state index in [1.54, 1.807) is 6.92 Å². The van der Waals surface area contributed by atoms with Crippen LogP contribution in [0, 0.1) is 0 Å². The fourth-order valence-electron chi connectivity index (χ4n) is 1.55. The lowest BCUT2D eigenvalue weighted by Gasteiger charge is -2.17. The van der Waals surface area contributed by atoms with Crippen molar-refractivity contribution in [2.45, 2.75) is 19.9 Å². The van der Waals surface area contributed by atoms with E-state index in [4.69, 9.17) is 27.9 Å². The fraction of sp³-hybridized carbons (Fsp3) is 0.462. The van der Waals surface area contributed by atoms with Crippen molar-refractivity contribution in [2.75, 3.05) is 20.2 Å². The summed E-state index contributed by atoms with van der Waals surface area (Å²) in [6, 6.07) is 5.43. The molecule has 3 nitrogen and oxygen atoms in total. The van der Waals surface area contributed by atoms with E-state index in [1.807, 2.05) is 30.1 Å². The number of halogens is 2. The zero-order valence-electron chi connectivity index (χ0n) is 10.6. The highest BCUT2D eigenvalue weighted by Gasteiger charge is 2.10. The van der Waals surface area contributed by atoms with Crippen molar-refractivity contribution in [2.24, 2.45) is 0 Å². The van der Waals surface area contributed by atoms with Gasteiger partial charge in [0, 0.05) is 28.7 Å². The molecule has 5 heteroatoms. The first-order valence-corrected chi connectivity index (χ1v) is 6.57. The van der Waals surface area contributed by atoms with Crippen molar-refractivity contribution in [1.29, 1.82) is 0 Å². The first-order chi connectivity index (χ1) is 8.54. The topological polar surface area (TPSA) is 29.5 Å². The van der Waals surface area contributed by atoms with Crippen LogP contribution in [0.5, 0.6) is 0 Å². The highest BCUT2D eigenvalue weighted by molar-refractivity contribution is 6.35.